The first-order valence-electron chi connectivity index (χ1n) is 5.54. The first kappa shape index (κ1) is 14.7. The predicted octanol–water partition coefficient (Wildman–Crippen LogP) is 1.93. The van der Waals surface area contributed by atoms with E-state index in [-0.39, 0.29) is 22.0 Å². The minimum atomic E-state index is -1.21. The lowest BCUT2D eigenvalue weighted by Crippen LogP contribution is -2.26. The minimum absolute atomic E-state index is 0.0862. The van der Waals surface area contributed by atoms with Gasteiger partial charge in [-0.25, -0.2) is 4.79 Å². The SMILES string of the molecule is Cc1nsc(N(C)C(=O)c2ccc([N+](=O)[O-])o2)c1C(=O)O. The number of carboxylic acids is 1. The molecule has 21 heavy (non-hydrogen) atoms. The second-order valence-electron chi connectivity index (χ2n) is 4.01. The van der Waals surface area contributed by atoms with Gasteiger partial charge in [-0.3, -0.25) is 19.8 Å². The zero-order valence-corrected chi connectivity index (χ0v) is 11.7. The topological polar surface area (TPSA) is 127 Å². The van der Waals surface area contributed by atoms with Gasteiger partial charge in [0.15, 0.2) is 5.76 Å². The number of furan rings is 1. The Labute approximate surface area is 121 Å². The predicted molar refractivity (Wildman–Crippen MR) is 71.9 cm³/mol. The van der Waals surface area contributed by atoms with Crippen LogP contribution in [0.3, 0.4) is 0 Å². The van der Waals surface area contributed by atoms with Crippen molar-refractivity contribution in [3.63, 3.8) is 0 Å². The molecule has 0 bridgehead atoms. The van der Waals surface area contributed by atoms with Crippen molar-refractivity contribution in [1.82, 2.24) is 4.37 Å². The number of hydrogen-bond donors (Lipinski definition) is 1. The number of aromatic carboxylic acids is 1. The fourth-order valence-electron chi connectivity index (χ4n) is 1.63. The maximum atomic E-state index is 12.2. The van der Waals surface area contributed by atoms with Gasteiger partial charge in [0.05, 0.1) is 11.8 Å². The van der Waals surface area contributed by atoms with Crippen LogP contribution in [-0.4, -0.2) is 33.3 Å². The Balaban J connectivity index is 2.35. The van der Waals surface area contributed by atoms with Gasteiger partial charge in [-0.1, -0.05) is 0 Å². The van der Waals surface area contributed by atoms with Crippen LogP contribution in [0.25, 0.3) is 0 Å². The Kier molecular flexibility index (Phi) is 3.72. The zero-order valence-electron chi connectivity index (χ0n) is 10.9. The molecule has 0 aliphatic rings. The van der Waals surface area contributed by atoms with Crippen molar-refractivity contribution in [2.75, 3.05) is 11.9 Å². The quantitative estimate of drug-likeness (QED) is 0.675. The number of rotatable bonds is 4. The number of hydrogen-bond acceptors (Lipinski definition) is 7. The maximum Gasteiger partial charge on any atom is 0.433 e. The Morgan fingerprint density at radius 2 is 2.14 bits per heavy atom. The molecular formula is C11H9N3O6S. The molecule has 0 fully saturated rings. The number of carboxylic acid groups (broad SMARTS) is 1. The Morgan fingerprint density at radius 1 is 1.48 bits per heavy atom. The molecule has 0 aliphatic heterocycles. The van der Waals surface area contributed by atoms with E-state index in [4.69, 9.17) is 9.52 Å². The third-order valence-corrected chi connectivity index (χ3v) is 3.67. The highest BCUT2D eigenvalue weighted by atomic mass is 32.1. The fourth-order valence-corrected chi connectivity index (χ4v) is 2.48. The Bertz CT molecular complexity index is 734. The van der Waals surface area contributed by atoms with Crippen molar-refractivity contribution in [3.05, 3.63) is 39.3 Å². The molecule has 0 saturated carbocycles. The third kappa shape index (κ3) is 2.60. The van der Waals surface area contributed by atoms with Crippen molar-refractivity contribution >= 4 is 34.3 Å². The lowest BCUT2D eigenvalue weighted by Gasteiger charge is -2.13. The summed E-state index contributed by atoms with van der Waals surface area (Å²) in [6.07, 6.45) is 0. The summed E-state index contributed by atoms with van der Waals surface area (Å²) in [5.74, 6) is -2.73. The van der Waals surface area contributed by atoms with Gasteiger partial charge in [-0.15, -0.1) is 0 Å². The van der Waals surface area contributed by atoms with E-state index in [0.29, 0.717) is 0 Å². The molecule has 9 nitrogen and oxygen atoms in total. The van der Waals surface area contributed by atoms with E-state index >= 15 is 0 Å². The van der Waals surface area contributed by atoms with Crippen LogP contribution < -0.4 is 4.90 Å². The molecule has 0 atom stereocenters. The van der Waals surface area contributed by atoms with E-state index < -0.39 is 22.7 Å². The second-order valence-corrected chi connectivity index (χ2v) is 4.76. The van der Waals surface area contributed by atoms with E-state index in [1.54, 1.807) is 0 Å². The number of carbonyl (C=O) groups excluding carboxylic acids is 1. The number of aromatic nitrogens is 1. The van der Waals surface area contributed by atoms with Crippen LogP contribution in [0, 0.1) is 17.0 Å². The van der Waals surface area contributed by atoms with E-state index in [1.165, 1.54) is 14.0 Å². The van der Waals surface area contributed by atoms with Crippen LogP contribution >= 0.6 is 11.5 Å². The van der Waals surface area contributed by atoms with Gasteiger partial charge in [0, 0.05) is 7.05 Å². The number of nitro groups is 1. The van der Waals surface area contributed by atoms with Gasteiger partial charge in [0.2, 0.25) is 0 Å². The van der Waals surface area contributed by atoms with Crippen molar-refractivity contribution in [1.29, 1.82) is 0 Å². The molecule has 0 aliphatic carbocycles. The normalized spacial score (nSPS) is 10.4. The zero-order chi connectivity index (χ0) is 15.7. The first-order valence-corrected chi connectivity index (χ1v) is 6.32. The highest BCUT2D eigenvalue weighted by Crippen LogP contribution is 2.29. The average molecular weight is 311 g/mol. The van der Waals surface area contributed by atoms with Crippen LogP contribution in [0.2, 0.25) is 0 Å². The summed E-state index contributed by atoms with van der Waals surface area (Å²) in [4.78, 5) is 34.1. The van der Waals surface area contributed by atoms with Crippen molar-refractivity contribution in [3.8, 4) is 0 Å². The highest BCUT2D eigenvalue weighted by Gasteiger charge is 2.27. The van der Waals surface area contributed by atoms with Crippen LogP contribution in [0.1, 0.15) is 26.6 Å². The molecule has 10 heteroatoms. The van der Waals surface area contributed by atoms with E-state index in [0.717, 1.165) is 28.6 Å². The fraction of sp³-hybridized carbons (Fsp3) is 0.182. The molecule has 0 radical (unpaired) electrons. The van der Waals surface area contributed by atoms with Crippen LogP contribution in [-0.2, 0) is 0 Å². The number of anilines is 1. The average Bonchev–Trinajstić information content (AvgIpc) is 3.03. The molecule has 0 saturated heterocycles. The smallest absolute Gasteiger partial charge is 0.433 e. The van der Waals surface area contributed by atoms with Crippen LogP contribution in [0.4, 0.5) is 10.9 Å². The lowest BCUT2D eigenvalue weighted by molar-refractivity contribution is -0.402. The summed E-state index contributed by atoms with van der Waals surface area (Å²) >= 11 is 0.847. The lowest BCUT2D eigenvalue weighted by atomic mass is 10.2. The molecule has 110 valence electrons. The number of nitrogens with zero attached hydrogens (tertiary/aromatic N) is 3. The number of amides is 1. The summed E-state index contributed by atoms with van der Waals surface area (Å²) in [7, 11) is 1.34. The molecule has 0 aromatic carbocycles. The highest BCUT2D eigenvalue weighted by molar-refractivity contribution is 7.11. The summed E-state index contributed by atoms with van der Waals surface area (Å²) in [5.41, 5.74) is 0.199. The van der Waals surface area contributed by atoms with E-state index in [1.807, 2.05) is 0 Å². The van der Waals surface area contributed by atoms with Gasteiger partial charge >= 0.3 is 11.9 Å². The molecule has 2 aromatic heterocycles. The van der Waals surface area contributed by atoms with Gasteiger partial charge in [0.1, 0.15) is 15.5 Å². The molecule has 0 spiro atoms. The van der Waals surface area contributed by atoms with Gasteiger partial charge in [0.25, 0.3) is 5.91 Å². The number of aryl methyl sites for hydroxylation is 1. The largest absolute Gasteiger partial charge is 0.478 e. The van der Waals surface area contributed by atoms with Crippen LogP contribution in [0.5, 0.6) is 0 Å². The van der Waals surface area contributed by atoms with Gasteiger partial charge in [-0.2, -0.15) is 4.37 Å². The standard InChI is InChI=1S/C11H9N3O6S/c1-5-8(11(16)17)10(21-12-5)13(2)9(15)6-3-4-7(20-6)14(18)19/h3-4H,1-2H3,(H,16,17). The Hall–Kier alpha value is -2.75. The monoisotopic (exact) mass is 311 g/mol. The molecule has 2 rings (SSSR count). The van der Waals surface area contributed by atoms with E-state index in [9.17, 15) is 19.7 Å². The van der Waals surface area contributed by atoms with Crippen molar-refractivity contribution in [2.45, 2.75) is 6.92 Å². The molecule has 1 N–H and O–H groups in total. The van der Waals surface area contributed by atoms with Crippen molar-refractivity contribution < 1.29 is 24.0 Å². The summed E-state index contributed by atoms with van der Waals surface area (Å²) in [6.45, 7) is 1.51. The summed E-state index contributed by atoms with van der Waals surface area (Å²) < 4.78 is 8.70. The molecule has 2 heterocycles. The summed E-state index contributed by atoms with van der Waals surface area (Å²) in [6, 6.07) is 2.21. The Morgan fingerprint density at radius 3 is 2.67 bits per heavy atom. The van der Waals surface area contributed by atoms with Crippen molar-refractivity contribution in [2.24, 2.45) is 0 Å². The minimum Gasteiger partial charge on any atom is -0.478 e. The van der Waals surface area contributed by atoms with Crippen LogP contribution in [0.15, 0.2) is 16.5 Å². The molecular weight excluding hydrogens is 302 g/mol. The summed E-state index contributed by atoms with van der Waals surface area (Å²) in [5, 5.41) is 19.8. The second kappa shape index (κ2) is 5.32. The number of carbonyl (C=O) groups is 2. The molecule has 1 amide bonds. The third-order valence-electron chi connectivity index (χ3n) is 2.65. The van der Waals surface area contributed by atoms with Gasteiger partial charge in [-0.05, 0) is 24.5 Å². The molecule has 2 aromatic rings. The maximum absolute atomic E-state index is 12.2. The van der Waals surface area contributed by atoms with E-state index in [2.05, 4.69) is 4.37 Å². The first-order chi connectivity index (χ1) is 9.82. The molecule has 0 unspecified atom stereocenters. The van der Waals surface area contributed by atoms with Gasteiger partial charge < -0.3 is 9.52 Å².